The third kappa shape index (κ3) is 4.58. The maximum Gasteiger partial charge on any atom is 0.334 e. The number of ether oxygens (including phenoxy) is 2. The zero-order chi connectivity index (χ0) is 18.6. The summed E-state index contributed by atoms with van der Waals surface area (Å²) >= 11 is 0. The lowest BCUT2D eigenvalue weighted by Gasteiger charge is -2.28. The number of hydrogen-bond donors (Lipinski definition) is 2. The molecule has 0 amide bonds. The average Bonchev–Trinajstić information content (AvgIpc) is 2.85. The van der Waals surface area contributed by atoms with Crippen LogP contribution in [-0.4, -0.2) is 47.6 Å². The topological polar surface area (TPSA) is 93.1 Å². The molecule has 1 aliphatic heterocycles. The van der Waals surface area contributed by atoms with Gasteiger partial charge in [-0.05, 0) is 30.1 Å². The van der Waals surface area contributed by atoms with Crippen molar-refractivity contribution < 1.29 is 29.3 Å². The van der Waals surface area contributed by atoms with Gasteiger partial charge in [0.1, 0.15) is 12.2 Å². The van der Waals surface area contributed by atoms with Crippen LogP contribution in [0.1, 0.15) is 33.1 Å². The molecule has 0 bridgehead atoms. The summed E-state index contributed by atoms with van der Waals surface area (Å²) in [6.45, 7) is 6.97. The fourth-order valence-corrected chi connectivity index (χ4v) is 3.09. The molecule has 2 aliphatic rings. The Balaban J connectivity index is 2.41. The van der Waals surface area contributed by atoms with Gasteiger partial charge in [-0.15, -0.1) is 0 Å². The van der Waals surface area contributed by atoms with E-state index in [4.69, 9.17) is 9.47 Å². The van der Waals surface area contributed by atoms with E-state index in [0.717, 1.165) is 11.1 Å². The van der Waals surface area contributed by atoms with Gasteiger partial charge in [-0.1, -0.05) is 26.5 Å². The lowest BCUT2D eigenvalue weighted by molar-refractivity contribution is -0.155. The van der Waals surface area contributed by atoms with Crippen LogP contribution in [-0.2, 0) is 19.1 Å². The summed E-state index contributed by atoms with van der Waals surface area (Å²) in [6, 6.07) is 0. The summed E-state index contributed by atoms with van der Waals surface area (Å²) in [5.41, 5.74) is 1.71. The van der Waals surface area contributed by atoms with Crippen molar-refractivity contribution in [3.05, 3.63) is 35.5 Å². The van der Waals surface area contributed by atoms with Crippen molar-refractivity contribution in [2.45, 2.75) is 45.3 Å². The fourth-order valence-electron chi connectivity index (χ4n) is 3.09. The molecular formula is C19H26O6. The predicted molar refractivity (Wildman–Crippen MR) is 91.4 cm³/mol. The number of carbonyl (C=O) groups is 2. The van der Waals surface area contributed by atoms with Gasteiger partial charge in [0.2, 0.25) is 0 Å². The van der Waals surface area contributed by atoms with E-state index in [-0.39, 0.29) is 30.7 Å². The van der Waals surface area contributed by atoms with E-state index in [1.807, 2.05) is 6.08 Å². The van der Waals surface area contributed by atoms with Gasteiger partial charge in [0.05, 0.1) is 25.0 Å². The molecule has 0 aromatic carbocycles. The number of esters is 2. The Labute approximate surface area is 147 Å². The van der Waals surface area contributed by atoms with E-state index >= 15 is 0 Å². The van der Waals surface area contributed by atoms with Crippen LogP contribution in [0.3, 0.4) is 0 Å². The molecule has 2 rings (SSSR count). The summed E-state index contributed by atoms with van der Waals surface area (Å²) < 4.78 is 11.0. The summed E-state index contributed by atoms with van der Waals surface area (Å²) in [6.07, 6.45) is 3.88. The summed E-state index contributed by atoms with van der Waals surface area (Å²) in [5, 5.41) is 19.2. The number of fused-ring (bicyclic) bond motifs is 1. The molecular weight excluding hydrogens is 324 g/mol. The first-order valence-electron chi connectivity index (χ1n) is 8.56. The molecule has 0 unspecified atom stereocenters. The van der Waals surface area contributed by atoms with Crippen molar-refractivity contribution in [2.24, 2.45) is 11.8 Å². The van der Waals surface area contributed by atoms with E-state index in [9.17, 15) is 19.8 Å². The van der Waals surface area contributed by atoms with Crippen molar-refractivity contribution in [1.82, 2.24) is 0 Å². The maximum atomic E-state index is 12.1. The first kappa shape index (κ1) is 19.4. The van der Waals surface area contributed by atoms with Gasteiger partial charge < -0.3 is 19.7 Å². The zero-order valence-electron chi connectivity index (χ0n) is 14.7. The Morgan fingerprint density at radius 2 is 2.04 bits per heavy atom. The first-order valence-corrected chi connectivity index (χ1v) is 8.56. The second-order valence-corrected chi connectivity index (χ2v) is 6.80. The van der Waals surface area contributed by atoms with Crippen LogP contribution in [0.4, 0.5) is 0 Å². The molecule has 138 valence electrons. The quantitative estimate of drug-likeness (QED) is 0.455. The van der Waals surface area contributed by atoms with Crippen molar-refractivity contribution in [1.29, 1.82) is 0 Å². The Hall–Kier alpha value is -1.92. The van der Waals surface area contributed by atoms with Crippen molar-refractivity contribution >= 4 is 11.9 Å². The molecule has 0 aromatic rings. The highest BCUT2D eigenvalue weighted by Gasteiger charge is 2.44. The highest BCUT2D eigenvalue weighted by molar-refractivity contribution is 5.91. The molecule has 1 heterocycles. The minimum atomic E-state index is -0.661. The third-order valence-electron chi connectivity index (χ3n) is 4.57. The Kier molecular flexibility index (Phi) is 6.56. The van der Waals surface area contributed by atoms with Gasteiger partial charge in [0, 0.05) is 12.0 Å². The van der Waals surface area contributed by atoms with Gasteiger partial charge in [-0.3, -0.25) is 4.79 Å². The van der Waals surface area contributed by atoms with Gasteiger partial charge in [-0.2, -0.15) is 0 Å². The van der Waals surface area contributed by atoms with Gasteiger partial charge in [0.15, 0.2) is 0 Å². The zero-order valence-corrected chi connectivity index (χ0v) is 14.7. The van der Waals surface area contributed by atoms with E-state index < -0.39 is 24.1 Å². The molecule has 1 aliphatic carbocycles. The lowest BCUT2D eigenvalue weighted by Crippen LogP contribution is -2.35. The minimum absolute atomic E-state index is 0.147. The largest absolute Gasteiger partial charge is 0.461 e. The molecule has 0 saturated carbocycles. The van der Waals surface area contributed by atoms with E-state index in [2.05, 4.69) is 6.58 Å². The molecule has 0 radical (unpaired) electrons. The van der Waals surface area contributed by atoms with Crippen LogP contribution in [0.5, 0.6) is 0 Å². The Morgan fingerprint density at radius 3 is 2.64 bits per heavy atom. The number of aliphatic hydroxyl groups is 2. The molecule has 6 heteroatoms. The SMILES string of the molecule is C=C1C(=O)O[C@@H]2/C=C(\CO)CCC=C(CO)C[C@H](OC(=O)C(C)C)[C@@H]12. The number of allylic oxidation sites excluding steroid dienone is 1. The van der Waals surface area contributed by atoms with Crippen molar-refractivity contribution in [3.8, 4) is 0 Å². The molecule has 1 saturated heterocycles. The van der Waals surface area contributed by atoms with Crippen molar-refractivity contribution in [3.63, 3.8) is 0 Å². The lowest BCUT2D eigenvalue weighted by atomic mass is 9.85. The standard InChI is InChI=1S/C19H26O6/c1-11(2)18(22)24-15-7-13(9-20)5-4-6-14(10-21)8-16-17(15)12(3)19(23)25-16/h5,8,11,15-17,20-21H,3-4,6-7,9-10H2,1-2H3/b13-5?,14-8-/t15-,16+,17+/m0/s1. The first-order chi connectivity index (χ1) is 11.9. The normalized spacial score (nSPS) is 29.4. The van der Waals surface area contributed by atoms with Crippen LogP contribution in [0.15, 0.2) is 35.5 Å². The second kappa shape index (κ2) is 8.45. The van der Waals surface area contributed by atoms with Crippen LogP contribution < -0.4 is 0 Å². The maximum absolute atomic E-state index is 12.1. The Morgan fingerprint density at radius 1 is 1.36 bits per heavy atom. The van der Waals surface area contributed by atoms with Crippen LogP contribution >= 0.6 is 0 Å². The second-order valence-electron chi connectivity index (χ2n) is 6.80. The van der Waals surface area contributed by atoms with Crippen LogP contribution in [0.2, 0.25) is 0 Å². The number of carbonyl (C=O) groups excluding carboxylic acids is 2. The predicted octanol–water partition coefficient (Wildman–Crippen LogP) is 1.67. The Bertz CT molecular complexity index is 601. The van der Waals surface area contributed by atoms with E-state index in [1.165, 1.54) is 0 Å². The van der Waals surface area contributed by atoms with Crippen LogP contribution in [0, 0.1) is 11.8 Å². The monoisotopic (exact) mass is 350 g/mol. The smallest absolute Gasteiger partial charge is 0.334 e. The van der Waals surface area contributed by atoms with Gasteiger partial charge >= 0.3 is 11.9 Å². The molecule has 3 atom stereocenters. The fraction of sp³-hybridized carbons (Fsp3) is 0.579. The average molecular weight is 350 g/mol. The highest BCUT2D eigenvalue weighted by Crippen LogP contribution is 2.36. The minimum Gasteiger partial charge on any atom is -0.461 e. The molecule has 0 aromatic heterocycles. The third-order valence-corrected chi connectivity index (χ3v) is 4.57. The number of rotatable bonds is 4. The molecule has 2 N–H and O–H groups in total. The summed E-state index contributed by atoms with van der Waals surface area (Å²) in [7, 11) is 0. The molecule has 1 fully saturated rings. The number of hydrogen-bond acceptors (Lipinski definition) is 6. The van der Waals surface area contributed by atoms with Gasteiger partial charge in [0.25, 0.3) is 0 Å². The molecule has 25 heavy (non-hydrogen) atoms. The van der Waals surface area contributed by atoms with Gasteiger partial charge in [-0.25, -0.2) is 4.79 Å². The molecule has 0 spiro atoms. The summed E-state index contributed by atoms with van der Waals surface area (Å²) in [5.74, 6) is -1.76. The number of aliphatic hydroxyl groups excluding tert-OH is 2. The van der Waals surface area contributed by atoms with Crippen molar-refractivity contribution in [2.75, 3.05) is 13.2 Å². The van der Waals surface area contributed by atoms with Crippen LogP contribution in [0.25, 0.3) is 0 Å². The van der Waals surface area contributed by atoms with E-state index in [0.29, 0.717) is 19.3 Å². The summed E-state index contributed by atoms with van der Waals surface area (Å²) in [4.78, 5) is 24.2. The molecule has 6 nitrogen and oxygen atoms in total. The van der Waals surface area contributed by atoms with E-state index in [1.54, 1.807) is 19.9 Å². The highest BCUT2D eigenvalue weighted by atomic mass is 16.6.